The Balaban J connectivity index is 2.36. The highest BCUT2D eigenvalue weighted by molar-refractivity contribution is 14.1. The van der Waals surface area contributed by atoms with E-state index in [2.05, 4.69) is 27.6 Å². The predicted octanol–water partition coefficient (Wildman–Crippen LogP) is 2.45. The number of hydrogen-bond donors (Lipinski definition) is 0. The van der Waals surface area contributed by atoms with E-state index in [0.717, 1.165) is 3.57 Å². The van der Waals surface area contributed by atoms with Crippen LogP contribution in [0, 0.1) is 3.57 Å². The molecule has 18 heavy (non-hydrogen) atoms. The Hall–Kier alpha value is -0.800. The second-order valence-corrected chi connectivity index (χ2v) is 6.51. The minimum Gasteiger partial charge on any atom is -0.378 e. The van der Waals surface area contributed by atoms with Gasteiger partial charge in [0.25, 0.3) is 0 Å². The van der Waals surface area contributed by atoms with Crippen molar-refractivity contribution >= 4 is 44.3 Å². The first kappa shape index (κ1) is 13.6. The largest absolute Gasteiger partial charge is 0.378 e. The third-order valence-corrected chi connectivity index (χ3v) is 4.49. The summed E-state index contributed by atoms with van der Waals surface area (Å²) in [5.74, 6) is 0.226. The van der Waals surface area contributed by atoms with E-state index in [1.807, 2.05) is 6.07 Å². The van der Waals surface area contributed by atoms with Gasteiger partial charge in [-0.05, 0) is 40.8 Å². The molecule has 0 aliphatic heterocycles. The summed E-state index contributed by atoms with van der Waals surface area (Å²) in [5.41, 5.74) is 0. The van der Waals surface area contributed by atoms with Crippen LogP contribution in [0.3, 0.4) is 0 Å². The number of aryl methyl sites for hydroxylation is 1. The molecule has 0 aliphatic carbocycles. The average molecular weight is 399 g/mol. The standard InChI is InChI=1S/C10H8ClIN2O3S/c1-14-6-13-10(9(14)11)18(15,16)17-8-4-2-3-7(12)5-8/h2-6H,1H3. The maximum atomic E-state index is 12.0. The molecule has 0 saturated carbocycles. The molecule has 2 aromatic rings. The Morgan fingerprint density at radius 3 is 2.72 bits per heavy atom. The topological polar surface area (TPSA) is 61.2 Å². The molecule has 0 fully saturated rings. The molecule has 0 amide bonds. The van der Waals surface area contributed by atoms with E-state index in [1.54, 1.807) is 25.2 Å². The fraction of sp³-hybridized carbons (Fsp3) is 0.100. The zero-order valence-corrected chi connectivity index (χ0v) is 12.9. The van der Waals surface area contributed by atoms with Crippen LogP contribution in [0.1, 0.15) is 0 Å². The minimum atomic E-state index is -4.01. The van der Waals surface area contributed by atoms with Gasteiger partial charge in [0.1, 0.15) is 5.75 Å². The number of halogens is 2. The Morgan fingerprint density at radius 1 is 1.44 bits per heavy atom. The van der Waals surface area contributed by atoms with Gasteiger partial charge in [0, 0.05) is 10.6 Å². The van der Waals surface area contributed by atoms with Gasteiger partial charge in [0.2, 0.25) is 5.03 Å². The fourth-order valence-corrected chi connectivity index (χ4v) is 3.10. The van der Waals surface area contributed by atoms with Crippen molar-refractivity contribution in [1.29, 1.82) is 0 Å². The lowest BCUT2D eigenvalue weighted by atomic mass is 10.3. The molecule has 0 bridgehead atoms. The summed E-state index contributed by atoms with van der Waals surface area (Å²) in [6, 6.07) is 6.69. The second kappa shape index (κ2) is 5.06. The van der Waals surface area contributed by atoms with Crippen LogP contribution < -0.4 is 4.18 Å². The summed E-state index contributed by atoms with van der Waals surface area (Å²) in [6.45, 7) is 0. The maximum Gasteiger partial charge on any atom is 0.360 e. The number of rotatable bonds is 3. The highest BCUT2D eigenvalue weighted by Gasteiger charge is 2.24. The van der Waals surface area contributed by atoms with Crippen LogP contribution in [0.15, 0.2) is 35.6 Å². The Morgan fingerprint density at radius 2 is 2.17 bits per heavy atom. The zero-order chi connectivity index (χ0) is 13.3. The number of hydrogen-bond acceptors (Lipinski definition) is 4. The normalized spacial score (nSPS) is 11.5. The number of aromatic nitrogens is 2. The van der Waals surface area contributed by atoms with Crippen LogP contribution in [0.4, 0.5) is 0 Å². The van der Waals surface area contributed by atoms with Crippen LogP contribution in [0.5, 0.6) is 5.75 Å². The van der Waals surface area contributed by atoms with E-state index < -0.39 is 10.1 Å². The van der Waals surface area contributed by atoms with E-state index in [1.165, 1.54) is 10.9 Å². The molecule has 1 heterocycles. The smallest absolute Gasteiger partial charge is 0.360 e. The van der Waals surface area contributed by atoms with Gasteiger partial charge in [0.05, 0.1) is 6.33 Å². The van der Waals surface area contributed by atoms with Crippen molar-refractivity contribution in [2.75, 3.05) is 0 Å². The first-order chi connectivity index (χ1) is 8.40. The average Bonchev–Trinajstić information content (AvgIpc) is 2.59. The summed E-state index contributed by atoms with van der Waals surface area (Å²) in [6.07, 6.45) is 1.31. The number of benzene rings is 1. The molecule has 0 aliphatic rings. The van der Waals surface area contributed by atoms with Crippen LogP contribution in [0.25, 0.3) is 0 Å². The van der Waals surface area contributed by atoms with Gasteiger partial charge in [-0.25, -0.2) is 4.98 Å². The van der Waals surface area contributed by atoms with Crippen molar-refractivity contribution < 1.29 is 12.6 Å². The third kappa shape index (κ3) is 2.78. The van der Waals surface area contributed by atoms with E-state index in [4.69, 9.17) is 15.8 Å². The van der Waals surface area contributed by atoms with Gasteiger partial charge in [0.15, 0.2) is 5.15 Å². The van der Waals surface area contributed by atoms with Gasteiger partial charge in [-0.2, -0.15) is 8.42 Å². The minimum absolute atomic E-state index is 0.0145. The predicted molar refractivity (Wildman–Crippen MR) is 75.2 cm³/mol. The summed E-state index contributed by atoms with van der Waals surface area (Å²) in [5, 5.41) is -0.272. The molecule has 0 saturated heterocycles. The molecule has 1 aromatic heterocycles. The number of imidazole rings is 1. The summed E-state index contributed by atoms with van der Waals surface area (Å²) < 4.78 is 31.2. The third-order valence-electron chi connectivity index (χ3n) is 2.07. The van der Waals surface area contributed by atoms with Crippen molar-refractivity contribution in [3.63, 3.8) is 0 Å². The second-order valence-electron chi connectivity index (χ2n) is 3.45. The van der Waals surface area contributed by atoms with E-state index in [0.29, 0.717) is 0 Å². The van der Waals surface area contributed by atoms with Gasteiger partial charge < -0.3 is 8.75 Å². The zero-order valence-electron chi connectivity index (χ0n) is 9.17. The van der Waals surface area contributed by atoms with Gasteiger partial charge in [-0.15, -0.1) is 0 Å². The monoisotopic (exact) mass is 398 g/mol. The molecule has 0 N–H and O–H groups in total. The van der Waals surface area contributed by atoms with Crippen molar-refractivity contribution in [2.24, 2.45) is 7.05 Å². The molecule has 1 aromatic carbocycles. The Kier molecular flexibility index (Phi) is 3.83. The lowest BCUT2D eigenvalue weighted by Gasteiger charge is -2.05. The van der Waals surface area contributed by atoms with Gasteiger partial charge in [-0.3, -0.25) is 0 Å². The summed E-state index contributed by atoms with van der Waals surface area (Å²) in [4.78, 5) is 3.72. The first-order valence-corrected chi connectivity index (χ1v) is 7.63. The molecule has 2 rings (SSSR count). The Bertz CT molecular complexity index is 684. The highest BCUT2D eigenvalue weighted by Crippen LogP contribution is 2.24. The molecule has 96 valence electrons. The van der Waals surface area contributed by atoms with Crippen LogP contribution in [-0.4, -0.2) is 18.0 Å². The van der Waals surface area contributed by atoms with Crippen molar-refractivity contribution in [1.82, 2.24) is 9.55 Å². The molecule has 0 radical (unpaired) electrons. The van der Waals surface area contributed by atoms with Crippen molar-refractivity contribution in [3.8, 4) is 5.75 Å². The lowest BCUT2D eigenvalue weighted by Crippen LogP contribution is -2.11. The van der Waals surface area contributed by atoms with Gasteiger partial charge >= 0.3 is 10.1 Å². The molecule has 0 unspecified atom stereocenters. The Labute approximate surface area is 123 Å². The maximum absolute atomic E-state index is 12.0. The molecular formula is C10H8ClIN2O3S. The highest BCUT2D eigenvalue weighted by atomic mass is 127. The van der Waals surface area contributed by atoms with Crippen molar-refractivity contribution in [2.45, 2.75) is 5.03 Å². The quantitative estimate of drug-likeness (QED) is 0.589. The first-order valence-electron chi connectivity index (χ1n) is 4.77. The molecule has 8 heteroatoms. The lowest BCUT2D eigenvalue weighted by molar-refractivity contribution is 0.482. The molecule has 0 atom stereocenters. The SMILES string of the molecule is Cn1cnc(S(=O)(=O)Oc2cccc(I)c2)c1Cl. The van der Waals surface area contributed by atoms with Gasteiger partial charge in [-0.1, -0.05) is 17.7 Å². The van der Waals surface area contributed by atoms with E-state index >= 15 is 0 Å². The fourth-order valence-electron chi connectivity index (χ4n) is 1.25. The van der Waals surface area contributed by atoms with Crippen molar-refractivity contribution in [3.05, 3.63) is 39.3 Å². The summed E-state index contributed by atoms with van der Waals surface area (Å²) >= 11 is 7.89. The van der Waals surface area contributed by atoms with E-state index in [9.17, 15) is 8.42 Å². The number of nitrogens with zero attached hydrogens (tertiary/aromatic N) is 2. The van der Waals surface area contributed by atoms with Crippen LogP contribution in [-0.2, 0) is 17.2 Å². The van der Waals surface area contributed by atoms with Crippen LogP contribution in [0.2, 0.25) is 5.15 Å². The molecular weight excluding hydrogens is 391 g/mol. The molecule has 0 spiro atoms. The summed E-state index contributed by atoms with van der Waals surface area (Å²) in [7, 11) is -2.41. The van der Waals surface area contributed by atoms with E-state index in [-0.39, 0.29) is 15.9 Å². The van der Waals surface area contributed by atoms with Crippen LogP contribution >= 0.6 is 34.2 Å². The molecule has 5 nitrogen and oxygen atoms in total.